The van der Waals surface area contributed by atoms with Gasteiger partial charge < -0.3 is 15.0 Å². The van der Waals surface area contributed by atoms with Crippen LogP contribution >= 0.6 is 0 Å². The van der Waals surface area contributed by atoms with E-state index in [2.05, 4.69) is 15.3 Å². The van der Waals surface area contributed by atoms with Crippen molar-refractivity contribution >= 4 is 28.6 Å². The van der Waals surface area contributed by atoms with Crippen molar-refractivity contribution in [2.24, 2.45) is 0 Å². The molecule has 0 unspecified atom stereocenters. The molecule has 2 N–H and O–H groups in total. The number of fused-ring (bicyclic) bond motifs is 1. The van der Waals surface area contributed by atoms with Crippen molar-refractivity contribution in [3.05, 3.63) is 59.9 Å². The zero-order valence-corrected chi connectivity index (χ0v) is 14.4. The summed E-state index contributed by atoms with van der Waals surface area (Å²) < 4.78 is 5.40. The van der Waals surface area contributed by atoms with Crippen molar-refractivity contribution in [2.45, 2.75) is 13.3 Å². The summed E-state index contributed by atoms with van der Waals surface area (Å²) in [5.41, 5.74) is 3.03. The first-order chi connectivity index (χ1) is 12.2. The van der Waals surface area contributed by atoms with Crippen molar-refractivity contribution in [2.75, 3.05) is 13.7 Å². The summed E-state index contributed by atoms with van der Waals surface area (Å²) in [6, 6.07) is 15.3. The van der Waals surface area contributed by atoms with Gasteiger partial charge in [-0.25, -0.2) is 4.98 Å². The zero-order chi connectivity index (χ0) is 17.6. The summed E-state index contributed by atoms with van der Waals surface area (Å²) in [5, 5.41) is 2.92. The Hall–Kier alpha value is -3.08. The number of carbonyl (C=O) groups excluding carboxylic acids is 1. The fraction of sp³-hybridized carbons (Fsp3) is 0.200. The topological polar surface area (TPSA) is 67.0 Å². The summed E-state index contributed by atoms with van der Waals surface area (Å²) in [4.78, 5) is 20.5. The second-order valence-electron chi connectivity index (χ2n) is 5.66. The molecule has 0 atom stereocenters. The van der Waals surface area contributed by atoms with Crippen LogP contribution in [0.1, 0.15) is 24.7 Å². The molecule has 3 aromatic rings. The highest BCUT2D eigenvalue weighted by molar-refractivity contribution is 6.23. The predicted octanol–water partition coefficient (Wildman–Crippen LogP) is 3.64. The van der Waals surface area contributed by atoms with Gasteiger partial charge in [-0.05, 0) is 30.7 Å². The first-order valence-corrected chi connectivity index (χ1v) is 8.31. The first-order valence-electron chi connectivity index (χ1n) is 8.31. The molecule has 1 heterocycles. The number of para-hydroxylation sites is 3. The largest absolute Gasteiger partial charge is 0.496 e. The zero-order valence-electron chi connectivity index (χ0n) is 14.4. The van der Waals surface area contributed by atoms with Crippen molar-refractivity contribution in [3.8, 4) is 5.75 Å². The molecule has 0 aliphatic rings. The van der Waals surface area contributed by atoms with E-state index in [4.69, 9.17) is 4.74 Å². The van der Waals surface area contributed by atoms with Gasteiger partial charge in [0.15, 0.2) is 0 Å². The maximum Gasteiger partial charge on any atom is 0.255 e. The lowest BCUT2D eigenvalue weighted by atomic mass is 10.1. The Labute approximate surface area is 146 Å². The molecule has 1 aromatic heterocycles. The Morgan fingerprint density at radius 1 is 1.20 bits per heavy atom. The number of carbonyl (C=O) groups is 1. The van der Waals surface area contributed by atoms with Gasteiger partial charge in [0, 0.05) is 12.1 Å². The summed E-state index contributed by atoms with van der Waals surface area (Å²) >= 11 is 0. The molecule has 25 heavy (non-hydrogen) atoms. The van der Waals surface area contributed by atoms with Crippen LogP contribution in [0.3, 0.4) is 0 Å². The van der Waals surface area contributed by atoms with Crippen LogP contribution in [0.5, 0.6) is 5.75 Å². The van der Waals surface area contributed by atoms with E-state index >= 15 is 0 Å². The molecule has 0 aliphatic heterocycles. The highest BCUT2D eigenvalue weighted by Crippen LogP contribution is 2.25. The third-order valence-electron chi connectivity index (χ3n) is 3.86. The fourth-order valence-corrected chi connectivity index (χ4v) is 2.60. The second-order valence-corrected chi connectivity index (χ2v) is 5.66. The first kappa shape index (κ1) is 16.8. The quantitative estimate of drug-likeness (QED) is 0.676. The van der Waals surface area contributed by atoms with Crippen LogP contribution in [-0.2, 0) is 4.79 Å². The lowest BCUT2D eigenvalue weighted by molar-refractivity contribution is -0.115. The van der Waals surface area contributed by atoms with Gasteiger partial charge >= 0.3 is 0 Å². The van der Waals surface area contributed by atoms with Crippen LogP contribution in [0, 0.1) is 0 Å². The van der Waals surface area contributed by atoms with Crippen molar-refractivity contribution in [3.63, 3.8) is 0 Å². The standard InChI is InChI=1S/C20H21N3O2/c1-3-12-21-20(24)15(13-14-8-4-7-11-18(14)25-2)19-22-16-9-5-6-10-17(16)23-19/h4-11,13H,3,12H2,1-2H3,(H,21,24)(H,22,23). The van der Waals surface area contributed by atoms with E-state index in [0.717, 1.165) is 23.0 Å². The van der Waals surface area contributed by atoms with Gasteiger partial charge in [-0.3, -0.25) is 4.79 Å². The number of nitrogens with zero attached hydrogens (tertiary/aromatic N) is 1. The molecule has 0 fully saturated rings. The molecule has 0 radical (unpaired) electrons. The van der Waals surface area contributed by atoms with E-state index in [1.165, 1.54) is 0 Å². The van der Waals surface area contributed by atoms with Gasteiger partial charge in [-0.2, -0.15) is 0 Å². The maximum atomic E-state index is 12.7. The minimum absolute atomic E-state index is 0.160. The highest BCUT2D eigenvalue weighted by Gasteiger charge is 2.16. The van der Waals surface area contributed by atoms with Crippen molar-refractivity contribution in [1.82, 2.24) is 15.3 Å². The van der Waals surface area contributed by atoms with Gasteiger partial charge in [0.2, 0.25) is 0 Å². The van der Waals surface area contributed by atoms with Gasteiger partial charge in [-0.15, -0.1) is 0 Å². The number of imidazole rings is 1. The van der Waals surface area contributed by atoms with Crippen molar-refractivity contribution < 1.29 is 9.53 Å². The van der Waals surface area contributed by atoms with Crippen LogP contribution in [-0.4, -0.2) is 29.5 Å². The molecule has 0 saturated heterocycles. The maximum absolute atomic E-state index is 12.7. The molecule has 3 rings (SSSR count). The number of hydrogen-bond acceptors (Lipinski definition) is 3. The van der Waals surface area contributed by atoms with Crippen LogP contribution in [0.25, 0.3) is 22.7 Å². The lowest BCUT2D eigenvalue weighted by Gasteiger charge is -2.08. The van der Waals surface area contributed by atoms with E-state index in [-0.39, 0.29) is 5.91 Å². The fourth-order valence-electron chi connectivity index (χ4n) is 2.60. The average molecular weight is 335 g/mol. The molecule has 1 amide bonds. The molecule has 5 nitrogen and oxygen atoms in total. The number of hydrogen-bond donors (Lipinski definition) is 2. The number of amides is 1. The summed E-state index contributed by atoms with van der Waals surface area (Å²) in [5.74, 6) is 1.09. The Morgan fingerprint density at radius 2 is 1.96 bits per heavy atom. The average Bonchev–Trinajstić information content (AvgIpc) is 3.08. The van der Waals surface area contributed by atoms with Gasteiger partial charge in [0.05, 0.1) is 23.7 Å². The normalized spacial score (nSPS) is 11.5. The Kier molecular flexibility index (Phi) is 5.14. The van der Waals surface area contributed by atoms with Gasteiger partial charge in [0.25, 0.3) is 5.91 Å². The van der Waals surface area contributed by atoms with Crippen molar-refractivity contribution in [1.29, 1.82) is 0 Å². The van der Waals surface area contributed by atoms with E-state index in [9.17, 15) is 4.79 Å². The van der Waals surface area contributed by atoms with Gasteiger partial charge in [-0.1, -0.05) is 37.3 Å². The summed E-state index contributed by atoms with van der Waals surface area (Å²) in [7, 11) is 1.62. The summed E-state index contributed by atoms with van der Waals surface area (Å²) in [6.45, 7) is 2.63. The minimum Gasteiger partial charge on any atom is -0.496 e. The van der Waals surface area contributed by atoms with Crippen LogP contribution < -0.4 is 10.1 Å². The molecule has 0 saturated carbocycles. The van der Waals surface area contributed by atoms with Crippen LogP contribution in [0.15, 0.2) is 48.5 Å². The molecule has 2 aromatic carbocycles. The molecule has 0 bridgehead atoms. The number of aromatic amines is 1. The molecule has 5 heteroatoms. The second kappa shape index (κ2) is 7.66. The van der Waals surface area contributed by atoms with E-state index in [1.54, 1.807) is 7.11 Å². The number of H-pyrrole nitrogens is 1. The molecular formula is C20H21N3O2. The molecule has 128 valence electrons. The van der Waals surface area contributed by atoms with E-state index in [0.29, 0.717) is 23.7 Å². The van der Waals surface area contributed by atoms with Gasteiger partial charge in [0.1, 0.15) is 11.6 Å². The summed E-state index contributed by atoms with van der Waals surface area (Å²) in [6.07, 6.45) is 2.68. The van der Waals surface area contributed by atoms with E-state index < -0.39 is 0 Å². The smallest absolute Gasteiger partial charge is 0.255 e. The third kappa shape index (κ3) is 3.71. The monoisotopic (exact) mass is 335 g/mol. The number of rotatable bonds is 6. The highest BCUT2D eigenvalue weighted by atomic mass is 16.5. The third-order valence-corrected chi connectivity index (χ3v) is 3.86. The molecular weight excluding hydrogens is 314 g/mol. The van der Waals surface area contributed by atoms with E-state index in [1.807, 2.05) is 61.5 Å². The number of ether oxygens (including phenoxy) is 1. The molecule has 0 aliphatic carbocycles. The van der Waals surface area contributed by atoms with Crippen LogP contribution in [0.2, 0.25) is 0 Å². The SMILES string of the molecule is CCCNC(=O)C(=Cc1ccccc1OC)c1nc2ccccc2[nH]1. The number of benzene rings is 2. The Balaban J connectivity index is 2.08. The number of nitrogens with one attached hydrogen (secondary N) is 2. The lowest BCUT2D eigenvalue weighted by Crippen LogP contribution is -2.25. The minimum atomic E-state index is -0.160. The molecule has 0 spiro atoms. The Bertz CT molecular complexity index is 879. The van der Waals surface area contributed by atoms with Crippen LogP contribution in [0.4, 0.5) is 0 Å². The number of methoxy groups -OCH3 is 1. The Morgan fingerprint density at radius 3 is 2.72 bits per heavy atom. The predicted molar refractivity (Wildman–Crippen MR) is 100 cm³/mol. The number of aromatic nitrogens is 2.